The van der Waals surface area contributed by atoms with Crippen LogP contribution in [0.15, 0.2) is 42.5 Å². The quantitative estimate of drug-likeness (QED) is 0.551. The van der Waals surface area contributed by atoms with Gasteiger partial charge in [0.1, 0.15) is 0 Å². The van der Waals surface area contributed by atoms with Crippen LogP contribution in [0.3, 0.4) is 0 Å². The van der Waals surface area contributed by atoms with E-state index in [1.165, 1.54) is 18.2 Å². The molecule has 0 heterocycles. The van der Waals surface area contributed by atoms with Crippen LogP contribution in [0.5, 0.6) is 0 Å². The number of amides is 2. The summed E-state index contributed by atoms with van der Waals surface area (Å²) in [7, 11) is 0. The van der Waals surface area contributed by atoms with Gasteiger partial charge in [-0.25, -0.2) is 0 Å². The summed E-state index contributed by atoms with van der Waals surface area (Å²) in [5, 5.41) is 3.03. The predicted molar refractivity (Wildman–Crippen MR) is 98.3 cm³/mol. The molecule has 0 radical (unpaired) electrons. The molecule has 2 rings (SSSR count). The van der Waals surface area contributed by atoms with E-state index in [4.69, 9.17) is 35.4 Å². The van der Waals surface area contributed by atoms with Crippen molar-refractivity contribution in [2.75, 3.05) is 0 Å². The molecule has 0 saturated heterocycles. The molecule has 5 nitrogen and oxygen atoms in total. The largest absolute Gasteiger partial charge is 0.298 e. The van der Waals surface area contributed by atoms with E-state index >= 15 is 0 Å². The highest BCUT2D eigenvalue weighted by molar-refractivity contribution is 7.80. The van der Waals surface area contributed by atoms with Crippen molar-refractivity contribution in [3.05, 3.63) is 69.2 Å². The molecule has 0 spiro atoms. The number of nitrogens with one attached hydrogen (secondary N) is 3. The number of halogens is 2. The number of rotatable bonds is 2. The van der Waals surface area contributed by atoms with Crippen molar-refractivity contribution in [2.24, 2.45) is 0 Å². The Morgan fingerprint density at radius 2 is 1.58 bits per heavy atom. The maximum atomic E-state index is 12.1. The third-order valence-corrected chi connectivity index (χ3v) is 3.56. The van der Waals surface area contributed by atoms with E-state index < -0.39 is 5.91 Å². The van der Waals surface area contributed by atoms with E-state index in [2.05, 4.69) is 16.2 Å². The summed E-state index contributed by atoms with van der Waals surface area (Å²) in [4.78, 5) is 24.0. The van der Waals surface area contributed by atoms with Crippen LogP contribution in [0.2, 0.25) is 10.0 Å². The van der Waals surface area contributed by atoms with Crippen molar-refractivity contribution in [3.8, 4) is 0 Å². The highest BCUT2D eigenvalue weighted by Gasteiger charge is 2.11. The molecule has 0 aliphatic carbocycles. The maximum Gasteiger partial charge on any atom is 0.269 e. The first kappa shape index (κ1) is 18.2. The SMILES string of the molecule is Cc1cccc(C(=O)NNC(=S)NC(=O)c2cc(Cl)cc(Cl)c2)c1. The maximum absolute atomic E-state index is 12.1. The Balaban J connectivity index is 1.91. The van der Waals surface area contributed by atoms with Crippen molar-refractivity contribution < 1.29 is 9.59 Å². The van der Waals surface area contributed by atoms with Gasteiger partial charge in [0.05, 0.1) is 0 Å². The molecule has 0 aliphatic heterocycles. The van der Waals surface area contributed by atoms with Crippen LogP contribution in [-0.2, 0) is 0 Å². The van der Waals surface area contributed by atoms with Gasteiger partial charge >= 0.3 is 0 Å². The molecule has 24 heavy (non-hydrogen) atoms. The molecular formula is C16H13Cl2N3O2S. The number of aryl methyl sites for hydroxylation is 1. The minimum atomic E-state index is -0.498. The fourth-order valence-electron chi connectivity index (χ4n) is 1.86. The van der Waals surface area contributed by atoms with E-state index in [0.717, 1.165) is 5.56 Å². The number of hydrogen-bond acceptors (Lipinski definition) is 3. The number of carbonyl (C=O) groups is 2. The zero-order chi connectivity index (χ0) is 17.7. The van der Waals surface area contributed by atoms with Gasteiger partial charge < -0.3 is 0 Å². The molecule has 2 amide bonds. The Kier molecular flexibility index (Phi) is 6.14. The fourth-order valence-corrected chi connectivity index (χ4v) is 2.53. The molecule has 2 aromatic rings. The number of thiocarbonyl (C=S) groups is 1. The van der Waals surface area contributed by atoms with Gasteiger partial charge in [-0.1, -0.05) is 40.9 Å². The predicted octanol–water partition coefficient (Wildman–Crippen LogP) is 3.25. The van der Waals surface area contributed by atoms with Gasteiger partial charge in [0, 0.05) is 21.2 Å². The number of benzene rings is 2. The lowest BCUT2D eigenvalue weighted by Gasteiger charge is -2.11. The highest BCUT2D eigenvalue weighted by atomic mass is 35.5. The minimum Gasteiger partial charge on any atom is -0.298 e. The smallest absolute Gasteiger partial charge is 0.269 e. The van der Waals surface area contributed by atoms with E-state index in [1.807, 2.05) is 13.0 Å². The van der Waals surface area contributed by atoms with Crippen molar-refractivity contribution in [1.82, 2.24) is 16.2 Å². The molecule has 8 heteroatoms. The first-order valence-electron chi connectivity index (χ1n) is 6.79. The Morgan fingerprint density at radius 1 is 0.917 bits per heavy atom. The molecule has 0 aliphatic rings. The summed E-state index contributed by atoms with van der Waals surface area (Å²) in [6.45, 7) is 1.88. The normalized spacial score (nSPS) is 9.96. The Labute approximate surface area is 154 Å². The van der Waals surface area contributed by atoms with Crippen LogP contribution in [0.4, 0.5) is 0 Å². The summed E-state index contributed by atoms with van der Waals surface area (Å²) < 4.78 is 0. The van der Waals surface area contributed by atoms with Gasteiger partial charge in [0.25, 0.3) is 11.8 Å². The van der Waals surface area contributed by atoms with Gasteiger partial charge in [-0.15, -0.1) is 0 Å². The molecule has 124 valence electrons. The lowest BCUT2D eigenvalue weighted by atomic mass is 10.1. The zero-order valence-corrected chi connectivity index (χ0v) is 14.9. The second kappa shape index (κ2) is 8.10. The zero-order valence-electron chi connectivity index (χ0n) is 12.5. The Hall–Kier alpha value is -2.15. The molecule has 0 saturated carbocycles. The molecule has 0 aromatic heterocycles. The van der Waals surface area contributed by atoms with E-state index in [9.17, 15) is 9.59 Å². The van der Waals surface area contributed by atoms with Crippen molar-refractivity contribution >= 4 is 52.3 Å². The first-order chi connectivity index (χ1) is 11.3. The average Bonchev–Trinajstić information content (AvgIpc) is 2.51. The van der Waals surface area contributed by atoms with Crippen molar-refractivity contribution in [3.63, 3.8) is 0 Å². The molecule has 0 fully saturated rings. The number of hydrazine groups is 1. The third-order valence-electron chi connectivity index (χ3n) is 2.92. The van der Waals surface area contributed by atoms with E-state index in [-0.39, 0.29) is 16.6 Å². The van der Waals surface area contributed by atoms with Gasteiger partial charge in [-0.2, -0.15) is 0 Å². The lowest BCUT2D eigenvalue weighted by Crippen LogP contribution is -2.48. The van der Waals surface area contributed by atoms with Crippen LogP contribution in [0, 0.1) is 6.92 Å². The Morgan fingerprint density at radius 3 is 2.21 bits per heavy atom. The molecule has 0 unspecified atom stereocenters. The molecule has 0 atom stereocenters. The topological polar surface area (TPSA) is 70.2 Å². The van der Waals surface area contributed by atoms with Gasteiger partial charge in [-0.05, 0) is 49.5 Å². The minimum absolute atomic E-state index is 0.0582. The van der Waals surface area contributed by atoms with Gasteiger partial charge in [0.15, 0.2) is 5.11 Å². The van der Waals surface area contributed by atoms with Crippen molar-refractivity contribution in [1.29, 1.82) is 0 Å². The van der Waals surface area contributed by atoms with E-state index in [0.29, 0.717) is 15.6 Å². The fraction of sp³-hybridized carbons (Fsp3) is 0.0625. The standard InChI is InChI=1S/C16H13Cl2N3O2S/c1-9-3-2-4-10(5-9)15(23)20-21-16(24)19-14(22)11-6-12(17)8-13(18)7-11/h2-8H,1H3,(H,20,23)(H2,19,21,22,24). The van der Waals surface area contributed by atoms with Crippen LogP contribution < -0.4 is 16.2 Å². The summed E-state index contributed by atoms with van der Waals surface area (Å²) in [6.07, 6.45) is 0. The summed E-state index contributed by atoms with van der Waals surface area (Å²) >= 11 is 16.7. The summed E-state index contributed by atoms with van der Waals surface area (Å²) in [5.41, 5.74) is 6.55. The number of carbonyl (C=O) groups excluding carboxylic acids is 2. The van der Waals surface area contributed by atoms with Crippen LogP contribution in [0.25, 0.3) is 0 Å². The molecule has 2 aromatic carbocycles. The number of hydrogen-bond donors (Lipinski definition) is 3. The van der Waals surface area contributed by atoms with Crippen molar-refractivity contribution in [2.45, 2.75) is 6.92 Å². The molecule has 3 N–H and O–H groups in total. The monoisotopic (exact) mass is 381 g/mol. The first-order valence-corrected chi connectivity index (χ1v) is 7.96. The Bertz CT molecular complexity index is 791. The third kappa shape index (κ3) is 5.19. The van der Waals surface area contributed by atoms with E-state index in [1.54, 1.807) is 18.2 Å². The van der Waals surface area contributed by atoms with Gasteiger partial charge in [-0.3, -0.25) is 25.8 Å². The van der Waals surface area contributed by atoms with Gasteiger partial charge in [0.2, 0.25) is 0 Å². The average molecular weight is 382 g/mol. The highest BCUT2D eigenvalue weighted by Crippen LogP contribution is 2.18. The molecule has 0 bridgehead atoms. The molecular weight excluding hydrogens is 369 g/mol. The second-order valence-corrected chi connectivity index (χ2v) is 6.17. The summed E-state index contributed by atoms with van der Waals surface area (Å²) in [6, 6.07) is 11.5. The van der Waals surface area contributed by atoms with Crippen LogP contribution in [0.1, 0.15) is 26.3 Å². The summed E-state index contributed by atoms with van der Waals surface area (Å²) in [5.74, 6) is -0.872. The second-order valence-electron chi connectivity index (χ2n) is 4.89. The van der Waals surface area contributed by atoms with Crippen LogP contribution >= 0.6 is 35.4 Å². The van der Waals surface area contributed by atoms with Crippen LogP contribution in [-0.4, -0.2) is 16.9 Å². The lowest BCUT2D eigenvalue weighted by molar-refractivity contribution is 0.0934.